The number of nitrogens with zero attached hydrogens (tertiary/aromatic N) is 3. The molecule has 0 radical (unpaired) electrons. The Balaban J connectivity index is 1.31. The normalized spacial score (nSPS) is 19.0. The summed E-state index contributed by atoms with van der Waals surface area (Å²) in [6.45, 7) is 0. The number of nitrogens with one attached hydrogen (secondary N) is 3. The molecule has 4 rings (SSSR count). The van der Waals surface area contributed by atoms with Gasteiger partial charge in [-0.3, -0.25) is 0 Å². The third-order valence-electron chi connectivity index (χ3n) is 6.90. The molecule has 2 amide bonds. The molecular weight excluding hydrogens is 460 g/mol. The Morgan fingerprint density at radius 1 is 0.917 bits per heavy atom. The molecule has 1 heterocycles. The van der Waals surface area contributed by atoms with E-state index < -0.39 is 0 Å². The van der Waals surface area contributed by atoms with Gasteiger partial charge in [0, 0.05) is 43.9 Å². The number of carbonyl (C=O) groups is 1. The van der Waals surface area contributed by atoms with Gasteiger partial charge in [0.25, 0.3) is 0 Å². The number of hydrogen-bond acceptors (Lipinski definition) is 8. The van der Waals surface area contributed by atoms with Gasteiger partial charge in [0.05, 0.1) is 32.7 Å². The number of aryl methyl sites for hydroxylation is 1. The Labute approximate surface area is 213 Å². The number of amides is 2. The lowest BCUT2D eigenvalue weighted by molar-refractivity contribution is 0.243. The highest BCUT2D eigenvalue weighted by atomic mass is 16.5. The Morgan fingerprint density at radius 3 is 2.17 bits per heavy atom. The number of ether oxygens (including phenoxy) is 3. The second kappa shape index (κ2) is 11.5. The number of carbonyl (C=O) groups excluding carboxylic acids is 1. The fourth-order valence-corrected chi connectivity index (χ4v) is 5.08. The molecule has 196 valence electrons. The second-order valence-corrected chi connectivity index (χ2v) is 9.60. The lowest BCUT2D eigenvalue weighted by Crippen LogP contribution is -2.42. The Hall–Kier alpha value is -3.43. The smallest absolute Gasteiger partial charge is 0.319 e. The summed E-state index contributed by atoms with van der Waals surface area (Å²) in [5, 5.41) is 9.53. The average molecular weight is 499 g/mol. The van der Waals surface area contributed by atoms with Gasteiger partial charge in [0.15, 0.2) is 11.5 Å². The Bertz CT molecular complexity index is 1040. The number of aromatic nitrogens is 2. The van der Waals surface area contributed by atoms with E-state index in [0.717, 1.165) is 50.3 Å². The van der Waals surface area contributed by atoms with E-state index in [1.807, 2.05) is 14.1 Å². The fourth-order valence-electron chi connectivity index (χ4n) is 5.08. The first-order valence-electron chi connectivity index (χ1n) is 12.6. The number of methoxy groups -OCH3 is 3. The summed E-state index contributed by atoms with van der Waals surface area (Å²) in [6.07, 6.45) is 8.10. The Morgan fingerprint density at radius 2 is 1.56 bits per heavy atom. The van der Waals surface area contributed by atoms with Gasteiger partial charge in [0.2, 0.25) is 11.7 Å². The molecule has 10 heteroatoms. The lowest BCUT2D eigenvalue weighted by Gasteiger charge is -2.30. The van der Waals surface area contributed by atoms with Gasteiger partial charge < -0.3 is 35.1 Å². The van der Waals surface area contributed by atoms with Crippen molar-refractivity contribution in [3.05, 3.63) is 23.4 Å². The molecule has 2 aliphatic rings. The molecule has 0 spiro atoms. The number of benzene rings is 1. The van der Waals surface area contributed by atoms with Crippen molar-refractivity contribution in [1.82, 2.24) is 15.3 Å². The minimum atomic E-state index is -0.255. The van der Waals surface area contributed by atoms with Crippen LogP contribution < -0.4 is 35.1 Å². The number of anilines is 3. The molecule has 2 aliphatic carbocycles. The minimum absolute atomic E-state index is 0.104. The Kier molecular flexibility index (Phi) is 8.22. The van der Waals surface area contributed by atoms with Gasteiger partial charge in [-0.05, 0) is 51.4 Å². The summed E-state index contributed by atoms with van der Waals surface area (Å²) in [7, 11) is 8.72. The molecule has 2 aromatic rings. The van der Waals surface area contributed by atoms with Crippen LogP contribution in [0.3, 0.4) is 0 Å². The van der Waals surface area contributed by atoms with Crippen LogP contribution in [0.1, 0.15) is 49.8 Å². The lowest BCUT2D eigenvalue weighted by atomic mass is 9.91. The standard InChI is InChI=1S/C26H38N6O4/c1-32(2)24-19-8-6-7-9-20(19)30-25(31-24)27-16-10-12-17(13-11-16)28-26(33)29-18-14-21(34-3)23(36-5)22(15-18)35-4/h14-17H,6-13H2,1-5H3,(H,27,30,31)(H2,28,29,33). The molecule has 1 saturated carbocycles. The number of urea groups is 1. The van der Waals surface area contributed by atoms with Crippen molar-refractivity contribution < 1.29 is 19.0 Å². The first-order chi connectivity index (χ1) is 17.4. The fraction of sp³-hybridized carbons (Fsp3) is 0.577. The van der Waals surface area contributed by atoms with E-state index in [2.05, 4.69) is 20.9 Å². The maximum atomic E-state index is 12.7. The molecule has 0 atom stereocenters. The van der Waals surface area contributed by atoms with Gasteiger partial charge in [-0.15, -0.1) is 0 Å². The van der Waals surface area contributed by atoms with Crippen LogP contribution in [-0.4, -0.2) is 63.5 Å². The highest BCUT2D eigenvalue weighted by Crippen LogP contribution is 2.40. The van der Waals surface area contributed by atoms with Crippen LogP contribution in [0, 0.1) is 0 Å². The van der Waals surface area contributed by atoms with E-state index in [4.69, 9.17) is 24.2 Å². The summed E-state index contributed by atoms with van der Waals surface area (Å²) >= 11 is 0. The van der Waals surface area contributed by atoms with Crippen molar-refractivity contribution >= 4 is 23.5 Å². The van der Waals surface area contributed by atoms with Gasteiger partial charge in [-0.2, -0.15) is 4.98 Å². The first-order valence-corrected chi connectivity index (χ1v) is 12.6. The molecular formula is C26H38N6O4. The van der Waals surface area contributed by atoms with Crippen molar-refractivity contribution in [2.75, 3.05) is 51.0 Å². The zero-order valence-corrected chi connectivity index (χ0v) is 21.9. The topological polar surface area (TPSA) is 110 Å². The molecule has 0 saturated heterocycles. The maximum absolute atomic E-state index is 12.7. The highest BCUT2D eigenvalue weighted by molar-refractivity contribution is 5.90. The monoisotopic (exact) mass is 498 g/mol. The molecule has 1 aromatic heterocycles. The van der Waals surface area contributed by atoms with E-state index in [0.29, 0.717) is 22.9 Å². The van der Waals surface area contributed by atoms with Crippen LogP contribution in [0.15, 0.2) is 12.1 Å². The van der Waals surface area contributed by atoms with Gasteiger partial charge in [-0.1, -0.05) is 0 Å². The van der Waals surface area contributed by atoms with E-state index in [1.54, 1.807) is 33.5 Å². The zero-order chi connectivity index (χ0) is 25.7. The molecule has 0 unspecified atom stereocenters. The zero-order valence-electron chi connectivity index (χ0n) is 21.9. The van der Waals surface area contributed by atoms with E-state index in [1.165, 1.54) is 24.1 Å². The van der Waals surface area contributed by atoms with Gasteiger partial charge in [0.1, 0.15) is 5.82 Å². The highest BCUT2D eigenvalue weighted by Gasteiger charge is 2.25. The molecule has 1 fully saturated rings. The quantitative estimate of drug-likeness (QED) is 0.501. The van der Waals surface area contributed by atoms with Crippen LogP contribution in [0.4, 0.5) is 22.2 Å². The van der Waals surface area contributed by atoms with Crippen molar-refractivity contribution in [1.29, 1.82) is 0 Å². The molecule has 0 aliphatic heterocycles. The van der Waals surface area contributed by atoms with Gasteiger partial charge >= 0.3 is 6.03 Å². The summed E-state index contributed by atoms with van der Waals surface area (Å²) in [6, 6.07) is 3.56. The summed E-state index contributed by atoms with van der Waals surface area (Å²) in [4.78, 5) is 24.4. The maximum Gasteiger partial charge on any atom is 0.319 e. The first kappa shape index (κ1) is 25.7. The molecule has 3 N–H and O–H groups in total. The molecule has 1 aromatic carbocycles. The van der Waals surface area contributed by atoms with Crippen LogP contribution in [-0.2, 0) is 12.8 Å². The second-order valence-electron chi connectivity index (χ2n) is 9.60. The summed E-state index contributed by atoms with van der Waals surface area (Å²) in [5.41, 5.74) is 3.04. The number of fused-ring (bicyclic) bond motifs is 1. The summed E-state index contributed by atoms with van der Waals surface area (Å²) in [5.74, 6) is 3.20. The van der Waals surface area contributed by atoms with E-state index in [9.17, 15) is 4.79 Å². The predicted molar refractivity (Wildman–Crippen MR) is 141 cm³/mol. The third kappa shape index (κ3) is 5.85. The van der Waals surface area contributed by atoms with Gasteiger partial charge in [-0.25, -0.2) is 9.78 Å². The largest absolute Gasteiger partial charge is 0.493 e. The van der Waals surface area contributed by atoms with Crippen molar-refractivity contribution in [2.45, 2.75) is 63.5 Å². The predicted octanol–water partition coefficient (Wildman–Crippen LogP) is 3.99. The van der Waals surface area contributed by atoms with Crippen molar-refractivity contribution in [3.63, 3.8) is 0 Å². The number of rotatable bonds is 8. The average Bonchev–Trinajstić information content (AvgIpc) is 2.88. The SMILES string of the molecule is COc1cc(NC(=O)NC2CCC(Nc3nc4c(c(N(C)C)n3)CCCC4)CC2)cc(OC)c1OC. The molecule has 36 heavy (non-hydrogen) atoms. The molecule has 0 bridgehead atoms. The molecule has 10 nitrogen and oxygen atoms in total. The minimum Gasteiger partial charge on any atom is -0.493 e. The number of hydrogen-bond donors (Lipinski definition) is 3. The summed E-state index contributed by atoms with van der Waals surface area (Å²) < 4.78 is 16.1. The van der Waals surface area contributed by atoms with Crippen LogP contribution in [0.25, 0.3) is 0 Å². The third-order valence-corrected chi connectivity index (χ3v) is 6.90. The van der Waals surface area contributed by atoms with Crippen LogP contribution in [0.5, 0.6) is 17.2 Å². The van der Waals surface area contributed by atoms with Crippen LogP contribution in [0.2, 0.25) is 0 Å². The van der Waals surface area contributed by atoms with E-state index in [-0.39, 0.29) is 18.1 Å². The van der Waals surface area contributed by atoms with E-state index >= 15 is 0 Å². The van der Waals surface area contributed by atoms with Crippen molar-refractivity contribution in [2.24, 2.45) is 0 Å². The van der Waals surface area contributed by atoms with Crippen molar-refractivity contribution in [3.8, 4) is 17.2 Å². The van der Waals surface area contributed by atoms with Crippen LogP contribution >= 0.6 is 0 Å².